The molecular formula is C6H9F3O. The summed E-state index contributed by atoms with van der Waals surface area (Å²) in [6, 6.07) is 0. The third kappa shape index (κ3) is 1.62. The Bertz CT molecular complexity index is 121. The van der Waals surface area contributed by atoms with Crippen LogP contribution in [0, 0.1) is 0 Å². The van der Waals surface area contributed by atoms with E-state index in [0.29, 0.717) is 6.42 Å². The Balaban J connectivity index is 2.45. The van der Waals surface area contributed by atoms with E-state index in [9.17, 15) is 13.2 Å². The molecule has 2 atom stereocenters. The van der Waals surface area contributed by atoms with Crippen LogP contribution in [0.5, 0.6) is 0 Å². The van der Waals surface area contributed by atoms with E-state index in [0.717, 1.165) is 0 Å². The molecule has 1 heterocycles. The zero-order chi connectivity index (χ0) is 7.78. The predicted octanol–water partition coefficient (Wildman–Crippen LogP) is 2.12. The highest BCUT2D eigenvalue weighted by molar-refractivity contribution is 4.76. The van der Waals surface area contributed by atoms with Gasteiger partial charge in [-0.3, -0.25) is 0 Å². The zero-order valence-electron chi connectivity index (χ0n) is 5.61. The summed E-state index contributed by atoms with van der Waals surface area (Å²) in [6.07, 6.45) is -5.27. The average molecular weight is 154 g/mol. The van der Waals surface area contributed by atoms with Gasteiger partial charge in [0.2, 0.25) is 0 Å². The molecule has 0 saturated carbocycles. The Hall–Kier alpha value is -0.250. The number of hydrogen-bond acceptors (Lipinski definition) is 1. The molecule has 60 valence electrons. The van der Waals surface area contributed by atoms with Gasteiger partial charge in [-0.25, -0.2) is 0 Å². The van der Waals surface area contributed by atoms with Gasteiger partial charge in [0.15, 0.2) is 6.10 Å². The van der Waals surface area contributed by atoms with Crippen molar-refractivity contribution in [3.63, 3.8) is 0 Å². The van der Waals surface area contributed by atoms with Crippen molar-refractivity contribution in [3.05, 3.63) is 0 Å². The van der Waals surface area contributed by atoms with Crippen molar-refractivity contribution in [2.45, 2.75) is 38.1 Å². The van der Waals surface area contributed by atoms with Crippen LogP contribution in [0.15, 0.2) is 0 Å². The van der Waals surface area contributed by atoms with E-state index < -0.39 is 12.3 Å². The lowest BCUT2D eigenvalue weighted by molar-refractivity contribution is -0.213. The maximum atomic E-state index is 11.8. The number of halogens is 3. The number of hydrogen-bond donors (Lipinski definition) is 0. The molecule has 0 bridgehead atoms. The lowest BCUT2D eigenvalue weighted by Gasteiger charge is -2.13. The van der Waals surface area contributed by atoms with Gasteiger partial charge in [-0.05, 0) is 19.8 Å². The van der Waals surface area contributed by atoms with E-state index in [1.165, 1.54) is 0 Å². The van der Waals surface area contributed by atoms with Crippen LogP contribution < -0.4 is 0 Å². The molecule has 0 aliphatic carbocycles. The van der Waals surface area contributed by atoms with Crippen LogP contribution in [0.3, 0.4) is 0 Å². The number of ether oxygens (including phenoxy) is 1. The van der Waals surface area contributed by atoms with E-state index in [-0.39, 0.29) is 12.5 Å². The summed E-state index contributed by atoms with van der Waals surface area (Å²) in [5, 5.41) is 0. The fourth-order valence-electron chi connectivity index (χ4n) is 1.04. The quantitative estimate of drug-likeness (QED) is 0.519. The third-order valence-corrected chi connectivity index (χ3v) is 1.60. The lowest BCUT2D eigenvalue weighted by Crippen LogP contribution is -2.28. The fraction of sp³-hybridized carbons (Fsp3) is 1.00. The molecule has 0 aromatic heterocycles. The topological polar surface area (TPSA) is 9.23 Å². The second-order valence-electron chi connectivity index (χ2n) is 2.55. The Morgan fingerprint density at radius 2 is 1.90 bits per heavy atom. The Morgan fingerprint density at radius 1 is 1.30 bits per heavy atom. The molecule has 1 fully saturated rings. The Labute approximate surface area is 57.2 Å². The Morgan fingerprint density at radius 3 is 2.10 bits per heavy atom. The van der Waals surface area contributed by atoms with E-state index in [1.54, 1.807) is 6.92 Å². The standard InChI is InChI=1S/C6H9F3O/c1-4-2-3-5(10-4)6(7,8)9/h4-5H,2-3H2,1H3. The van der Waals surface area contributed by atoms with Crippen LogP contribution in [-0.4, -0.2) is 18.4 Å². The van der Waals surface area contributed by atoms with Crippen LogP contribution in [0.1, 0.15) is 19.8 Å². The second kappa shape index (κ2) is 2.42. The summed E-state index contributed by atoms with van der Waals surface area (Å²) in [6.45, 7) is 1.66. The largest absolute Gasteiger partial charge is 0.414 e. The molecule has 2 unspecified atom stereocenters. The molecule has 0 aromatic rings. The highest BCUT2D eigenvalue weighted by Crippen LogP contribution is 2.32. The monoisotopic (exact) mass is 154 g/mol. The second-order valence-corrected chi connectivity index (χ2v) is 2.55. The van der Waals surface area contributed by atoms with E-state index >= 15 is 0 Å². The van der Waals surface area contributed by atoms with Crippen molar-refractivity contribution < 1.29 is 17.9 Å². The maximum absolute atomic E-state index is 11.8. The van der Waals surface area contributed by atoms with Gasteiger partial charge in [-0.1, -0.05) is 0 Å². The molecule has 1 saturated heterocycles. The minimum absolute atomic E-state index is 0.116. The predicted molar refractivity (Wildman–Crippen MR) is 29.6 cm³/mol. The third-order valence-electron chi connectivity index (χ3n) is 1.60. The summed E-state index contributed by atoms with van der Waals surface area (Å²) >= 11 is 0. The normalized spacial score (nSPS) is 34.8. The van der Waals surface area contributed by atoms with E-state index in [2.05, 4.69) is 4.74 Å². The van der Waals surface area contributed by atoms with Crippen LogP contribution >= 0.6 is 0 Å². The minimum Gasteiger partial charge on any atom is -0.366 e. The van der Waals surface area contributed by atoms with Gasteiger partial charge in [0.05, 0.1) is 6.10 Å². The van der Waals surface area contributed by atoms with Gasteiger partial charge in [0, 0.05) is 0 Å². The van der Waals surface area contributed by atoms with Crippen LogP contribution in [-0.2, 0) is 4.74 Å². The first-order valence-corrected chi connectivity index (χ1v) is 3.22. The zero-order valence-corrected chi connectivity index (χ0v) is 5.61. The van der Waals surface area contributed by atoms with Crippen molar-refractivity contribution in [1.29, 1.82) is 0 Å². The van der Waals surface area contributed by atoms with E-state index in [1.807, 2.05) is 0 Å². The maximum Gasteiger partial charge on any atom is 0.414 e. The molecule has 1 aliphatic heterocycles. The first-order chi connectivity index (χ1) is 4.50. The molecule has 0 spiro atoms. The number of rotatable bonds is 0. The SMILES string of the molecule is CC1CCC(C(F)(F)F)O1. The first kappa shape index (κ1) is 7.85. The summed E-state index contributed by atoms with van der Waals surface area (Å²) in [4.78, 5) is 0. The molecule has 0 N–H and O–H groups in total. The highest BCUT2D eigenvalue weighted by Gasteiger charge is 2.44. The molecule has 1 aliphatic rings. The van der Waals surface area contributed by atoms with Crippen LogP contribution in [0.4, 0.5) is 13.2 Å². The van der Waals surface area contributed by atoms with Crippen molar-refractivity contribution in [3.8, 4) is 0 Å². The molecule has 1 rings (SSSR count). The molecule has 0 aromatic carbocycles. The molecule has 10 heavy (non-hydrogen) atoms. The summed E-state index contributed by atoms with van der Waals surface area (Å²) in [5.74, 6) is 0. The molecule has 0 radical (unpaired) electrons. The fourth-order valence-corrected chi connectivity index (χ4v) is 1.04. The van der Waals surface area contributed by atoms with Crippen molar-refractivity contribution in [2.24, 2.45) is 0 Å². The van der Waals surface area contributed by atoms with Crippen LogP contribution in [0.2, 0.25) is 0 Å². The molecule has 4 heteroatoms. The number of alkyl halides is 3. The van der Waals surface area contributed by atoms with Crippen LogP contribution in [0.25, 0.3) is 0 Å². The van der Waals surface area contributed by atoms with Crippen molar-refractivity contribution >= 4 is 0 Å². The van der Waals surface area contributed by atoms with Gasteiger partial charge < -0.3 is 4.74 Å². The van der Waals surface area contributed by atoms with Crippen molar-refractivity contribution in [1.82, 2.24) is 0 Å². The van der Waals surface area contributed by atoms with Crippen molar-refractivity contribution in [2.75, 3.05) is 0 Å². The summed E-state index contributed by atoms with van der Waals surface area (Å²) in [5.41, 5.74) is 0. The molecule has 1 nitrogen and oxygen atoms in total. The smallest absolute Gasteiger partial charge is 0.366 e. The van der Waals surface area contributed by atoms with Gasteiger partial charge in [0.1, 0.15) is 0 Å². The molecule has 0 amide bonds. The minimum atomic E-state index is -4.16. The van der Waals surface area contributed by atoms with Gasteiger partial charge in [-0.2, -0.15) is 13.2 Å². The lowest BCUT2D eigenvalue weighted by atomic mass is 10.2. The van der Waals surface area contributed by atoms with E-state index in [4.69, 9.17) is 0 Å². The van der Waals surface area contributed by atoms with Gasteiger partial charge in [-0.15, -0.1) is 0 Å². The van der Waals surface area contributed by atoms with Gasteiger partial charge in [0.25, 0.3) is 0 Å². The highest BCUT2D eigenvalue weighted by atomic mass is 19.4. The summed E-state index contributed by atoms with van der Waals surface area (Å²) < 4.78 is 40.0. The Kier molecular flexibility index (Phi) is 1.90. The van der Waals surface area contributed by atoms with Gasteiger partial charge >= 0.3 is 6.18 Å². The molecular weight excluding hydrogens is 145 g/mol. The summed E-state index contributed by atoms with van der Waals surface area (Å²) in [7, 11) is 0. The average Bonchev–Trinajstić information content (AvgIpc) is 2.11. The first-order valence-electron chi connectivity index (χ1n) is 3.22.